The van der Waals surface area contributed by atoms with Gasteiger partial charge in [0.2, 0.25) is 0 Å². The van der Waals surface area contributed by atoms with Crippen molar-refractivity contribution in [1.29, 1.82) is 10.5 Å². The van der Waals surface area contributed by atoms with E-state index in [1.165, 1.54) is 12.1 Å². The molecule has 4 aromatic rings. The Hall–Kier alpha value is -5.19. The van der Waals surface area contributed by atoms with Crippen LogP contribution in [-0.2, 0) is 24.5 Å². The van der Waals surface area contributed by atoms with Crippen LogP contribution in [0.15, 0.2) is 66.7 Å². The van der Waals surface area contributed by atoms with E-state index in [2.05, 4.69) is 15.5 Å². The highest BCUT2D eigenvalue weighted by molar-refractivity contribution is 5.87. The molecule has 2 aliphatic rings. The van der Waals surface area contributed by atoms with Gasteiger partial charge < -0.3 is 19.1 Å². The minimum atomic E-state index is -0.995. The maximum Gasteiger partial charge on any atom is 0.328 e. The summed E-state index contributed by atoms with van der Waals surface area (Å²) in [5.74, 6) is 0.219. The summed E-state index contributed by atoms with van der Waals surface area (Å²) in [4.78, 5) is 18.4. The number of benzene rings is 3. The van der Waals surface area contributed by atoms with Gasteiger partial charge in [-0.3, -0.25) is 4.90 Å². The molecular formula is C36H34FN5O4. The van der Waals surface area contributed by atoms with Crippen LogP contribution >= 0.6 is 0 Å². The number of aromatic nitrogens is 2. The van der Waals surface area contributed by atoms with Crippen LogP contribution in [0.1, 0.15) is 54.6 Å². The van der Waals surface area contributed by atoms with Crippen molar-refractivity contribution in [3.8, 4) is 23.6 Å². The zero-order valence-corrected chi connectivity index (χ0v) is 25.4. The molecule has 9 nitrogen and oxygen atoms in total. The fraction of sp³-hybridized carbons (Fsp3) is 0.333. The largest absolute Gasteiger partial charge is 0.490 e. The lowest BCUT2D eigenvalue weighted by Crippen LogP contribution is -2.38. The number of aliphatic carboxylic acids is 1. The number of hydrogen-bond acceptors (Lipinski definition) is 7. The molecule has 1 saturated heterocycles. The van der Waals surface area contributed by atoms with Gasteiger partial charge in [0.1, 0.15) is 24.3 Å². The second-order valence-corrected chi connectivity index (χ2v) is 12.2. The van der Waals surface area contributed by atoms with E-state index in [9.17, 15) is 14.4 Å². The van der Waals surface area contributed by atoms with Crippen LogP contribution in [0.2, 0.25) is 0 Å². The Morgan fingerprint density at radius 1 is 1.11 bits per heavy atom. The average molecular weight is 620 g/mol. The number of hydrogen-bond donors (Lipinski definition) is 1. The van der Waals surface area contributed by atoms with Gasteiger partial charge in [-0.25, -0.2) is 14.2 Å². The summed E-state index contributed by atoms with van der Waals surface area (Å²) in [7, 11) is 0. The summed E-state index contributed by atoms with van der Waals surface area (Å²) in [6, 6.07) is 21.8. The maximum absolute atomic E-state index is 14.2. The van der Waals surface area contributed by atoms with Crippen molar-refractivity contribution in [2.45, 2.75) is 57.9 Å². The van der Waals surface area contributed by atoms with E-state index in [1.807, 2.05) is 48.5 Å². The zero-order valence-electron chi connectivity index (χ0n) is 25.4. The topological polar surface area (TPSA) is 124 Å². The first kappa shape index (κ1) is 30.8. The van der Waals surface area contributed by atoms with Crippen molar-refractivity contribution >= 4 is 23.1 Å². The number of imidazole rings is 1. The van der Waals surface area contributed by atoms with E-state index in [0.717, 1.165) is 91.2 Å². The summed E-state index contributed by atoms with van der Waals surface area (Å²) in [6.07, 6.45) is 7.00. The average Bonchev–Trinajstić information content (AvgIpc) is 3.74. The first-order valence-electron chi connectivity index (χ1n) is 15.4. The maximum atomic E-state index is 14.2. The third kappa shape index (κ3) is 7.36. The lowest BCUT2D eigenvalue weighted by Gasteiger charge is -2.32. The van der Waals surface area contributed by atoms with Crippen LogP contribution in [0.3, 0.4) is 0 Å². The lowest BCUT2D eigenvalue weighted by molar-refractivity contribution is -0.131. The fourth-order valence-electron chi connectivity index (χ4n) is 5.96. The number of ether oxygens (including phenoxy) is 2. The molecule has 0 radical (unpaired) electrons. The first-order valence-corrected chi connectivity index (χ1v) is 15.4. The van der Waals surface area contributed by atoms with Crippen LogP contribution in [0.25, 0.3) is 17.1 Å². The molecule has 2 heterocycles. The van der Waals surface area contributed by atoms with E-state index in [1.54, 1.807) is 6.08 Å². The number of carboxylic acid groups (broad SMARTS) is 1. The van der Waals surface area contributed by atoms with Crippen molar-refractivity contribution in [2.24, 2.45) is 5.41 Å². The second-order valence-electron chi connectivity index (χ2n) is 12.2. The summed E-state index contributed by atoms with van der Waals surface area (Å²) >= 11 is 0. The van der Waals surface area contributed by atoms with E-state index >= 15 is 0 Å². The normalized spacial score (nSPS) is 16.2. The monoisotopic (exact) mass is 619 g/mol. The van der Waals surface area contributed by atoms with Crippen LogP contribution < -0.4 is 9.47 Å². The quantitative estimate of drug-likeness (QED) is 0.179. The van der Waals surface area contributed by atoms with Crippen molar-refractivity contribution in [3.63, 3.8) is 0 Å². The molecule has 0 bridgehead atoms. The summed E-state index contributed by atoms with van der Waals surface area (Å²) in [5.41, 5.74) is 3.68. The van der Waals surface area contributed by atoms with Crippen molar-refractivity contribution in [1.82, 2.24) is 14.5 Å². The van der Waals surface area contributed by atoms with Gasteiger partial charge in [0, 0.05) is 37.5 Å². The standard InChI is InChI=1S/C36H34FN5O4/c37-30-19-26(21-39)5-8-33(30)45-23-27-2-1-3-29(18-27)46-28-10-16-41(17-11-28)22-34-40-31-7-4-25(6-9-35(43)44)20-32(31)42(34)24-36(12-13-36)14-15-38/h1-9,18-20,28H,10-14,16-17,22-24H2,(H,43,44)/b9-6+. The Bertz CT molecular complexity index is 1860. The molecule has 1 aliphatic heterocycles. The smallest absolute Gasteiger partial charge is 0.328 e. The predicted molar refractivity (Wildman–Crippen MR) is 169 cm³/mol. The van der Waals surface area contributed by atoms with E-state index < -0.39 is 11.8 Å². The van der Waals surface area contributed by atoms with Gasteiger partial charge in [-0.05, 0) is 85.4 Å². The highest BCUT2D eigenvalue weighted by atomic mass is 19.1. The van der Waals surface area contributed by atoms with Crippen LogP contribution in [0, 0.1) is 33.9 Å². The number of halogens is 1. The number of carbonyl (C=O) groups is 1. The van der Waals surface area contributed by atoms with Crippen LogP contribution in [0.5, 0.6) is 11.5 Å². The Morgan fingerprint density at radius 3 is 2.65 bits per heavy atom. The third-order valence-corrected chi connectivity index (χ3v) is 8.73. The molecule has 1 saturated carbocycles. The van der Waals surface area contributed by atoms with Gasteiger partial charge in [0.05, 0.1) is 35.3 Å². The molecule has 10 heteroatoms. The molecule has 0 spiro atoms. The molecule has 0 amide bonds. The SMILES string of the molecule is N#CCC1(Cn2c(CN3CCC(Oc4cccc(COc5ccc(C#N)cc5F)c4)CC3)nc3ccc(/C=C/C(=O)O)cc32)CC1. The Labute approximate surface area is 266 Å². The van der Waals surface area contributed by atoms with Gasteiger partial charge >= 0.3 is 5.97 Å². The van der Waals surface area contributed by atoms with Gasteiger partial charge in [-0.1, -0.05) is 18.2 Å². The molecule has 234 valence electrons. The molecule has 46 heavy (non-hydrogen) atoms. The van der Waals surface area contributed by atoms with E-state index in [-0.39, 0.29) is 29.4 Å². The third-order valence-electron chi connectivity index (χ3n) is 8.73. The van der Waals surface area contributed by atoms with Crippen molar-refractivity contribution in [2.75, 3.05) is 13.1 Å². The summed E-state index contributed by atoms with van der Waals surface area (Å²) in [6.45, 7) is 3.24. The van der Waals surface area contributed by atoms with Gasteiger partial charge in [-0.15, -0.1) is 0 Å². The van der Waals surface area contributed by atoms with Crippen LogP contribution in [0.4, 0.5) is 4.39 Å². The predicted octanol–water partition coefficient (Wildman–Crippen LogP) is 6.46. The molecular weight excluding hydrogens is 585 g/mol. The number of nitriles is 2. The summed E-state index contributed by atoms with van der Waals surface area (Å²) in [5, 5.41) is 27.4. The molecule has 0 unspecified atom stereocenters. The number of likely N-dealkylation sites (tertiary alicyclic amines) is 1. The lowest BCUT2D eigenvalue weighted by atomic mass is 10.0. The molecule has 1 N–H and O–H groups in total. The fourth-order valence-corrected chi connectivity index (χ4v) is 5.96. The summed E-state index contributed by atoms with van der Waals surface area (Å²) < 4.78 is 28.4. The number of rotatable bonds is 12. The minimum Gasteiger partial charge on any atom is -0.490 e. The first-order chi connectivity index (χ1) is 22.3. The van der Waals surface area contributed by atoms with Gasteiger partial charge in [0.25, 0.3) is 0 Å². The molecule has 0 atom stereocenters. The molecule has 6 rings (SSSR count). The van der Waals surface area contributed by atoms with E-state index in [0.29, 0.717) is 13.0 Å². The number of nitrogens with zero attached hydrogens (tertiary/aromatic N) is 5. The molecule has 3 aromatic carbocycles. The molecule has 1 aliphatic carbocycles. The Morgan fingerprint density at radius 2 is 1.93 bits per heavy atom. The van der Waals surface area contributed by atoms with Crippen LogP contribution in [-0.4, -0.2) is 44.7 Å². The van der Waals surface area contributed by atoms with Gasteiger partial charge in [-0.2, -0.15) is 10.5 Å². The van der Waals surface area contributed by atoms with Crippen molar-refractivity contribution < 1.29 is 23.8 Å². The number of carboxylic acids is 1. The molecule has 2 fully saturated rings. The van der Waals surface area contributed by atoms with E-state index in [4.69, 9.17) is 24.8 Å². The highest BCUT2D eigenvalue weighted by Crippen LogP contribution is 2.50. The second kappa shape index (κ2) is 13.4. The van der Waals surface area contributed by atoms with Crippen molar-refractivity contribution in [3.05, 3.63) is 95.1 Å². The van der Waals surface area contributed by atoms with Gasteiger partial charge in [0.15, 0.2) is 11.6 Å². The Balaban J connectivity index is 1.09. The minimum absolute atomic E-state index is 0.0272. The highest BCUT2D eigenvalue weighted by Gasteiger charge is 2.43. The molecule has 1 aromatic heterocycles. The number of piperidine rings is 1. The Kier molecular flexibility index (Phi) is 9.00. The number of fused-ring (bicyclic) bond motifs is 1. The zero-order chi connectivity index (χ0) is 32.1.